The summed E-state index contributed by atoms with van der Waals surface area (Å²) in [5.41, 5.74) is 0. The van der Waals surface area contributed by atoms with Crippen LogP contribution in [0.15, 0.2) is 28.7 Å². The minimum absolute atomic E-state index is 0.0364. The van der Waals surface area contributed by atoms with E-state index in [1.807, 2.05) is 38.1 Å². The number of amides is 1. The van der Waals surface area contributed by atoms with Crippen molar-refractivity contribution in [2.45, 2.75) is 32.7 Å². The van der Waals surface area contributed by atoms with Crippen LogP contribution in [0.25, 0.3) is 0 Å². The zero-order valence-electron chi connectivity index (χ0n) is 10.2. The Morgan fingerprint density at radius 1 is 1.53 bits per heavy atom. The maximum absolute atomic E-state index is 11.5. The van der Waals surface area contributed by atoms with Crippen molar-refractivity contribution in [3.8, 4) is 5.75 Å². The molecule has 0 aliphatic carbocycles. The van der Waals surface area contributed by atoms with Gasteiger partial charge in [0.1, 0.15) is 5.75 Å². The molecule has 94 valence electrons. The van der Waals surface area contributed by atoms with E-state index in [4.69, 9.17) is 4.74 Å². The van der Waals surface area contributed by atoms with Gasteiger partial charge in [0.05, 0.1) is 13.0 Å². The molecule has 0 spiro atoms. The van der Waals surface area contributed by atoms with Gasteiger partial charge < -0.3 is 10.1 Å². The van der Waals surface area contributed by atoms with Crippen molar-refractivity contribution in [1.82, 2.24) is 5.32 Å². The van der Waals surface area contributed by atoms with Gasteiger partial charge in [-0.1, -0.05) is 28.9 Å². The monoisotopic (exact) mass is 299 g/mol. The highest BCUT2D eigenvalue weighted by Crippen LogP contribution is 2.17. The summed E-state index contributed by atoms with van der Waals surface area (Å²) in [7, 11) is 0. The second-order valence-electron chi connectivity index (χ2n) is 3.93. The van der Waals surface area contributed by atoms with Gasteiger partial charge in [-0.2, -0.15) is 0 Å². The number of hydrogen-bond acceptors (Lipinski definition) is 2. The fourth-order valence-corrected chi connectivity index (χ4v) is 1.65. The molecule has 1 aromatic rings. The first-order valence-corrected chi connectivity index (χ1v) is 6.59. The van der Waals surface area contributed by atoms with Crippen LogP contribution in [0.3, 0.4) is 0 Å². The molecule has 0 radical (unpaired) electrons. The summed E-state index contributed by atoms with van der Waals surface area (Å²) < 4.78 is 6.45. The lowest BCUT2D eigenvalue weighted by Gasteiger charge is -2.11. The molecule has 0 saturated carbocycles. The van der Waals surface area contributed by atoms with E-state index in [9.17, 15) is 4.79 Å². The van der Waals surface area contributed by atoms with Gasteiger partial charge in [-0.3, -0.25) is 4.79 Å². The van der Waals surface area contributed by atoms with Crippen LogP contribution >= 0.6 is 15.9 Å². The van der Waals surface area contributed by atoms with Gasteiger partial charge in [-0.25, -0.2) is 0 Å². The van der Waals surface area contributed by atoms with Gasteiger partial charge in [0.25, 0.3) is 0 Å². The van der Waals surface area contributed by atoms with Crippen LogP contribution in [0.2, 0.25) is 0 Å². The Bertz CT molecular complexity index is 368. The van der Waals surface area contributed by atoms with Crippen LogP contribution in [-0.4, -0.2) is 18.6 Å². The zero-order valence-corrected chi connectivity index (χ0v) is 11.8. The average molecular weight is 300 g/mol. The molecule has 1 rings (SSSR count). The lowest BCUT2D eigenvalue weighted by molar-refractivity contribution is -0.122. The summed E-state index contributed by atoms with van der Waals surface area (Å²) in [5, 5.41) is 2.90. The van der Waals surface area contributed by atoms with Gasteiger partial charge in [-0.05, 0) is 31.5 Å². The van der Waals surface area contributed by atoms with E-state index in [2.05, 4.69) is 21.2 Å². The number of carbonyl (C=O) groups excluding carboxylic acids is 1. The van der Waals surface area contributed by atoms with Gasteiger partial charge >= 0.3 is 0 Å². The lowest BCUT2D eigenvalue weighted by Crippen LogP contribution is -2.32. The van der Waals surface area contributed by atoms with E-state index in [1.54, 1.807) is 0 Å². The van der Waals surface area contributed by atoms with Crippen molar-refractivity contribution in [3.63, 3.8) is 0 Å². The molecular weight excluding hydrogens is 282 g/mol. The summed E-state index contributed by atoms with van der Waals surface area (Å²) in [5.74, 6) is 0.810. The number of ether oxygens (including phenoxy) is 1. The van der Waals surface area contributed by atoms with E-state index < -0.39 is 0 Å². The molecule has 0 aliphatic heterocycles. The first-order valence-electron chi connectivity index (χ1n) is 5.79. The minimum atomic E-state index is 0.0364. The molecule has 0 aromatic heterocycles. The molecular formula is C13H18BrNO2. The highest BCUT2D eigenvalue weighted by atomic mass is 79.9. The predicted octanol–water partition coefficient (Wildman–Crippen LogP) is 3.13. The molecule has 4 heteroatoms. The van der Waals surface area contributed by atoms with Crippen LogP contribution in [0, 0.1) is 0 Å². The third kappa shape index (κ3) is 5.73. The summed E-state index contributed by atoms with van der Waals surface area (Å²) in [4.78, 5) is 11.5. The number of benzene rings is 1. The summed E-state index contributed by atoms with van der Waals surface area (Å²) >= 11 is 3.37. The standard InChI is InChI=1S/C13H18BrNO2/c1-3-10(2)15-13(16)7-8-17-12-6-4-5-11(14)9-12/h4-6,9-10H,3,7-8H2,1-2H3,(H,15,16). The fourth-order valence-electron chi connectivity index (χ4n) is 1.27. The van der Waals surface area contributed by atoms with Crippen LogP contribution < -0.4 is 10.1 Å². The average Bonchev–Trinajstić information content (AvgIpc) is 2.29. The maximum atomic E-state index is 11.5. The Balaban J connectivity index is 2.26. The van der Waals surface area contributed by atoms with Gasteiger partial charge in [0.15, 0.2) is 0 Å². The lowest BCUT2D eigenvalue weighted by atomic mass is 10.2. The molecule has 0 aliphatic rings. The second kappa shape index (κ2) is 7.33. The summed E-state index contributed by atoms with van der Waals surface area (Å²) in [6, 6.07) is 7.82. The highest BCUT2D eigenvalue weighted by molar-refractivity contribution is 9.10. The molecule has 0 bridgehead atoms. The van der Waals surface area contributed by atoms with Crippen molar-refractivity contribution in [1.29, 1.82) is 0 Å². The van der Waals surface area contributed by atoms with Crippen LogP contribution in [0.1, 0.15) is 26.7 Å². The van der Waals surface area contributed by atoms with Gasteiger partial charge in [-0.15, -0.1) is 0 Å². The summed E-state index contributed by atoms with van der Waals surface area (Å²) in [6.07, 6.45) is 1.33. The highest BCUT2D eigenvalue weighted by Gasteiger charge is 2.05. The van der Waals surface area contributed by atoms with E-state index in [-0.39, 0.29) is 11.9 Å². The molecule has 1 unspecified atom stereocenters. The van der Waals surface area contributed by atoms with Crippen LogP contribution in [0.4, 0.5) is 0 Å². The molecule has 1 atom stereocenters. The fraction of sp³-hybridized carbons (Fsp3) is 0.462. The SMILES string of the molecule is CCC(C)NC(=O)CCOc1cccc(Br)c1. The third-order valence-electron chi connectivity index (χ3n) is 2.41. The maximum Gasteiger partial charge on any atom is 0.223 e. The van der Waals surface area contributed by atoms with Crippen molar-refractivity contribution in [2.75, 3.05) is 6.61 Å². The van der Waals surface area contributed by atoms with E-state index >= 15 is 0 Å². The Kier molecular flexibility index (Phi) is 6.05. The molecule has 0 fully saturated rings. The van der Waals surface area contributed by atoms with E-state index in [0.29, 0.717) is 13.0 Å². The topological polar surface area (TPSA) is 38.3 Å². The first kappa shape index (κ1) is 14.0. The van der Waals surface area contributed by atoms with Gasteiger partial charge in [0, 0.05) is 10.5 Å². The molecule has 0 heterocycles. The number of halogens is 1. The number of hydrogen-bond donors (Lipinski definition) is 1. The van der Waals surface area contributed by atoms with Gasteiger partial charge in [0.2, 0.25) is 5.91 Å². The van der Waals surface area contributed by atoms with Crippen molar-refractivity contribution in [3.05, 3.63) is 28.7 Å². The molecule has 3 nitrogen and oxygen atoms in total. The minimum Gasteiger partial charge on any atom is -0.493 e. The van der Waals surface area contributed by atoms with Crippen LogP contribution in [0.5, 0.6) is 5.75 Å². The largest absolute Gasteiger partial charge is 0.493 e. The molecule has 1 N–H and O–H groups in total. The smallest absolute Gasteiger partial charge is 0.223 e. The van der Waals surface area contributed by atoms with Crippen molar-refractivity contribution >= 4 is 21.8 Å². The predicted molar refractivity (Wildman–Crippen MR) is 72.1 cm³/mol. The Labute approximate surface area is 111 Å². The first-order chi connectivity index (χ1) is 8.11. The third-order valence-corrected chi connectivity index (χ3v) is 2.91. The second-order valence-corrected chi connectivity index (χ2v) is 4.85. The van der Waals surface area contributed by atoms with Crippen molar-refractivity contribution in [2.24, 2.45) is 0 Å². The normalized spacial score (nSPS) is 11.9. The Hall–Kier alpha value is -1.03. The summed E-state index contributed by atoms with van der Waals surface area (Å²) in [6.45, 7) is 4.44. The molecule has 17 heavy (non-hydrogen) atoms. The van der Waals surface area contributed by atoms with E-state index in [0.717, 1.165) is 16.6 Å². The van der Waals surface area contributed by atoms with E-state index in [1.165, 1.54) is 0 Å². The molecule has 1 aromatic carbocycles. The van der Waals surface area contributed by atoms with Crippen LogP contribution in [-0.2, 0) is 4.79 Å². The quantitative estimate of drug-likeness (QED) is 0.876. The molecule has 1 amide bonds. The number of carbonyl (C=O) groups is 1. The van der Waals surface area contributed by atoms with Crippen molar-refractivity contribution < 1.29 is 9.53 Å². The Morgan fingerprint density at radius 3 is 2.94 bits per heavy atom. The Morgan fingerprint density at radius 2 is 2.29 bits per heavy atom. The number of rotatable bonds is 6. The number of nitrogens with one attached hydrogen (secondary N) is 1. The molecule has 0 saturated heterocycles. The zero-order chi connectivity index (χ0) is 12.7.